The van der Waals surface area contributed by atoms with Gasteiger partial charge in [0.1, 0.15) is 22.4 Å². The molecule has 0 saturated heterocycles. The van der Waals surface area contributed by atoms with Gasteiger partial charge < -0.3 is 37.9 Å². The molecule has 2 aliphatic carbocycles. The Morgan fingerprint density at radius 2 is 0.494 bits per heavy atom. The van der Waals surface area contributed by atoms with Gasteiger partial charge >= 0.3 is 24.6 Å². The van der Waals surface area contributed by atoms with E-state index in [0.29, 0.717) is 11.1 Å². The van der Waals surface area contributed by atoms with Crippen molar-refractivity contribution in [2.45, 2.75) is 139 Å². The van der Waals surface area contributed by atoms with Crippen LogP contribution in [0, 0.1) is 27.7 Å². The fraction of sp³-hybridized carbons (Fsp3) is 0.288. The molecule has 0 bridgehead atoms. The summed E-state index contributed by atoms with van der Waals surface area (Å²) in [7, 11) is 0. The highest BCUT2D eigenvalue weighted by Crippen LogP contribution is 2.64. The lowest BCUT2D eigenvalue weighted by Gasteiger charge is -2.32. The van der Waals surface area contributed by atoms with Crippen LogP contribution in [-0.4, -0.2) is 47.0 Å². The Morgan fingerprint density at radius 3 is 0.753 bits per heavy atom. The van der Waals surface area contributed by atoms with Crippen molar-refractivity contribution in [3.8, 4) is 89.8 Å². The first-order chi connectivity index (χ1) is 39.8. The molecule has 8 aromatic carbocycles. The summed E-state index contributed by atoms with van der Waals surface area (Å²) in [6.45, 7) is 29.3. The maximum Gasteiger partial charge on any atom is 0.514 e. The third-order valence-corrected chi connectivity index (χ3v) is 14.8. The van der Waals surface area contributed by atoms with Crippen molar-refractivity contribution in [2.24, 2.45) is 0 Å². The predicted octanol–water partition coefficient (Wildman–Crippen LogP) is 19.2. The van der Waals surface area contributed by atoms with E-state index in [1.54, 1.807) is 107 Å². The van der Waals surface area contributed by atoms with Gasteiger partial charge in [-0.05, 0) is 271 Å². The van der Waals surface area contributed by atoms with Crippen LogP contribution < -0.4 is 18.9 Å². The Hall–Kier alpha value is -9.16. The van der Waals surface area contributed by atoms with Crippen LogP contribution in [-0.2, 0) is 24.4 Å². The molecular weight excluding hydrogens is 1070 g/mol. The van der Waals surface area contributed by atoms with Gasteiger partial charge in [0.25, 0.3) is 0 Å². The van der Waals surface area contributed by atoms with Crippen LogP contribution in [0.3, 0.4) is 0 Å². The van der Waals surface area contributed by atoms with E-state index in [9.17, 15) is 19.2 Å². The zero-order valence-corrected chi connectivity index (χ0v) is 51.3. The summed E-state index contributed by atoms with van der Waals surface area (Å²) < 4.78 is 45.4. The molecule has 0 unspecified atom stereocenters. The topological polar surface area (TPSA) is 142 Å². The highest BCUT2D eigenvalue weighted by atomic mass is 16.8. The van der Waals surface area contributed by atoms with Crippen molar-refractivity contribution >= 4 is 24.6 Å². The zero-order valence-electron chi connectivity index (χ0n) is 51.3. The molecule has 12 nitrogen and oxygen atoms in total. The maximum absolute atomic E-state index is 13.4. The number of ether oxygens (including phenoxy) is 8. The Labute approximate surface area is 497 Å². The van der Waals surface area contributed by atoms with E-state index >= 15 is 0 Å². The second kappa shape index (κ2) is 21.8. The van der Waals surface area contributed by atoms with E-state index in [1.165, 1.54) is 22.3 Å². The number of hydrogen-bond donors (Lipinski definition) is 0. The number of aryl methyl sites for hydroxylation is 4. The maximum atomic E-state index is 13.4. The highest BCUT2D eigenvalue weighted by Gasteiger charge is 2.52. The number of fused-ring (bicyclic) bond motifs is 10. The van der Waals surface area contributed by atoms with Gasteiger partial charge in [0.15, 0.2) is 23.0 Å². The molecule has 1 spiro atoms. The highest BCUT2D eigenvalue weighted by molar-refractivity contribution is 5.99. The third-order valence-electron chi connectivity index (χ3n) is 14.8. The van der Waals surface area contributed by atoms with Crippen LogP contribution in [0.15, 0.2) is 146 Å². The Kier molecular flexibility index (Phi) is 15.1. The summed E-state index contributed by atoms with van der Waals surface area (Å²) in [5.74, 6) is -0.180. The van der Waals surface area contributed by atoms with Gasteiger partial charge in [-0.15, -0.1) is 0 Å². The van der Waals surface area contributed by atoms with Crippen LogP contribution in [0.2, 0.25) is 0 Å². The Morgan fingerprint density at radius 1 is 0.271 bits per heavy atom. The summed E-state index contributed by atoms with van der Waals surface area (Å²) in [5, 5.41) is 0. The van der Waals surface area contributed by atoms with E-state index in [1.807, 2.05) is 24.3 Å². The second-order valence-corrected chi connectivity index (χ2v) is 26.0. The van der Waals surface area contributed by atoms with Crippen molar-refractivity contribution in [2.75, 3.05) is 0 Å². The quantitative estimate of drug-likeness (QED) is 0.0812. The average Bonchev–Trinajstić information content (AvgIpc) is 1.52. The lowest BCUT2D eigenvalue weighted by atomic mass is 9.69. The number of carbonyl (C=O) groups excluding carboxylic acids is 4. The Bertz CT molecular complexity index is 3760. The van der Waals surface area contributed by atoms with Gasteiger partial charge in [0.05, 0.1) is 5.41 Å². The minimum absolute atomic E-state index is 0.0399. The fourth-order valence-corrected chi connectivity index (χ4v) is 10.9. The molecule has 85 heavy (non-hydrogen) atoms. The van der Waals surface area contributed by atoms with Crippen molar-refractivity contribution in [3.63, 3.8) is 0 Å². The SMILES string of the molecule is Cc1ccc(-c2ccc3c(c2)C2(c4cc(-c5ccc(C)c(C)c5)ccc4-c4ccc(-c5ccc(OC(=O)OC(C)(C)C)c(OC(=O)OC(C)(C)C)c5)cc42)c2cc(-c4ccc(OC(=O)OC(C)(C)C)c(OC(=O)OC(C)(C)C)c4)ccc2-3)cc1C. The molecule has 0 radical (unpaired) electrons. The average molecular weight is 1140 g/mol. The number of carbonyl (C=O) groups is 4. The normalized spacial score (nSPS) is 13.0. The standard InChI is InChI=1S/C73H72O12/c1-41-17-19-45(33-43(41)3)47-21-27-53-55-29-23-49(51-25-31-61(78-65(74)82-69(5,6)7)63(39-51)80-67(76)84-71(11,12)13)37-59(55)73(57(53)35-47)58-36-48(46-20-18-42(2)44(4)34-46)22-28-54(58)56-30-24-50(38-60(56)73)52-26-32-62(79-66(75)83-70(8,9)10)64(40-52)81-68(77)85-72(14,15)16/h17-40H,1-16H3. The first-order valence-electron chi connectivity index (χ1n) is 28.5. The van der Waals surface area contributed by atoms with Crippen molar-refractivity contribution in [3.05, 3.63) is 190 Å². The second-order valence-electron chi connectivity index (χ2n) is 26.0. The van der Waals surface area contributed by atoms with E-state index in [0.717, 1.165) is 77.9 Å². The van der Waals surface area contributed by atoms with E-state index in [-0.39, 0.29) is 23.0 Å². The summed E-state index contributed by atoms with van der Waals surface area (Å²) in [5.41, 5.74) is 15.6. The molecule has 436 valence electrons. The van der Waals surface area contributed by atoms with E-state index < -0.39 is 52.4 Å². The van der Waals surface area contributed by atoms with Gasteiger partial charge in [-0.1, -0.05) is 97.1 Å². The van der Waals surface area contributed by atoms with E-state index in [4.69, 9.17) is 37.9 Å². The molecule has 0 fully saturated rings. The van der Waals surface area contributed by atoms with Gasteiger partial charge in [0, 0.05) is 0 Å². The molecule has 0 N–H and O–H groups in total. The minimum atomic E-state index is -0.988. The molecular formula is C73H72O12. The van der Waals surface area contributed by atoms with Gasteiger partial charge in [-0.25, -0.2) is 19.2 Å². The Balaban J connectivity index is 1.23. The molecule has 0 amide bonds. The van der Waals surface area contributed by atoms with Crippen molar-refractivity contribution in [1.29, 1.82) is 0 Å². The smallest absolute Gasteiger partial charge is 0.428 e. The van der Waals surface area contributed by atoms with Crippen LogP contribution in [0.5, 0.6) is 23.0 Å². The third kappa shape index (κ3) is 12.4. The van der Waals surface area contributed by atoms with Crippen LogP contribution in [0.4, 0.5) is 19.2 Å². The summed E-state index contributed by atoms with van der Waals surface area (Å²) in [6.07, 6.45) is -3.90. The zero-order chi connectivity index (χ0) is 61.3. The summed E-state index contributed by atoms with van der Waals surface area (Å²) in [4.78, 5) is 53.2. The molecule has 8 aromatic rings. The van der Waals surface area contributed by atoms with Crippen LogP contribution in [0.25, 0.3) is 66.8 Å². The fourth-order valence-electron chi connectivity index (χ4n) is 10.9. The number of benzene rings is 8. The van der Waals surface area contributed by atoms with Crippen molar-refractivity contribution < 1.29 is 57.1 Å². The van der Waals surface area contributed by atoms with Crippen molar-refractivity contribution in [1.82, 2.24) is 0 Å². The molecule has 0 aliphatic heterocycles. The molecule has 0 aromatic heterocycles. The van der Waals surface area contributed by atoms with Crippen LogP contribution in [0.1, 0.15) is 128 Å². The lowest BCUT2D eigenvalue weighted by Crippen LogP contribution is -2.27. The van der Waals surface area contributed by atoms with Gasteiger partial charge in [0.2, 0.25) is 0 Å². The predicted molar refractivity (Wildman–Crippen MR) is 331 cm³/mol. The lowest BCUT2D eigenvalue weighted by molar-refractivity contribution is 0.0138. The van der Waals surface area contributed by atoms with E-state index in [2.05, 4.69) is 125 Å². The minimum Gasteiger partial charge on any atom is -0.428 e. The van der Waals surface area contributed by atoms with Crippen LogP contribution >= 0.6 is 0 Å². The van der Waals surface area contributed by atoms with Gasteiger partial charge in [-0.3, -0.25) is 0 Å². The molecule has 0 atom stereocenters. The number of rotatable bonds is 8. The molecule has 0 saturated carbocycles. The largest absolute Gasteiger partial charge is 0.514 e. The first-order valence-corrected chi connectivity index (χ1v) is 28.5. The summed E-state index contributed by atoms with van der Waals surface area (Å²) >= 11 is 0. The molecule has 10 rings (SSSR count). The van der Waals surface area contributed by atoms with Gasteiger partial charge in [-0.2, -0.15) is 0 Å². The molecule has 12 heteroatoms. The molecule has 2 aliphatic rings. The number of hydrogen-bond acceptors (Lipinski definition) is 12. The summed E-state index contributed by atoms with van der Waals surface area (Å²) in [6, 6.07) is 49.5. The first kappa shape index (κ1) is 59.0. The monoisotopic (exact) mass is 1140 g/mol. The molecule has 0 heterocycles.